The van der Waals surface area contributed by atoms with Gasteiger partial charge in [0, 0.05) is 64.0 Å². The monoisotopic (exact) mass is 827 g/mol. The number of carboxylic acid groups (broad SMARTS) is 1. The highest BCUT2D eigenvalue weighted by Crippen LogP contribution is 2.85. The highest BCUT2D eigenvalue weighted by molar-refractivity contribution is 6.04. The number of carbonyl (C=O) groups excluding carboxylic acids is 2. The third kappa shape index (κ3) is 4.64. The van der Waals surface area contributed by atoms with Gasteiger partial charge in [0.1, 0.15) is 22.6 Å². The standard InChI is InChI=1S/C51H61N3O7/c1-26(43(57)58)23-49(59)31-19-17-28-22-29-24-50(60)33(18-16-27-12-8-7-9-13-27)41-45(2,3)35(55)20-21-46(41,4)39-40(56)32-15-11-10-14-30(34(49)25-54-44(52)53)37-38(36(28)31)51(29,61)48(6,42(39)50)47(32,37)5/h7-9,12-13,16,18-19,23-24,30,32-34,37-38,41,59-61H,10-11,14-15,17,20-22,25H2,1-6H3,(H,57,58)(H4,52,53,54)/t30-,32+,33+,34+,37-,38-,41-,46+,47+,48+,49+,50+,51-/m0/s1. The lowest BCUT2D eigenvalue weighted by Crippen LogP contribution is -2.72. The molecule has 0 unspecified atom stereocenters. The maximum absolute atomic E-state index is 16.3. The molecule has 9 aliphatic carbocycles. The van der Waals surface area contributed by atoms with Crippen LogP contribution in [0.3, 0.4) is 0 Å². The Bertz CT molecular complexity index is 2430. The van der Waals surface area contributed by atoms with E-state index in [1.54, 1.807) is 0 Å². The fourth-order valence-corrected chi connectivity index (χ4v) is 16.6. The van der Waals surface area contributed by atoms with Gasteiger partial charge >= 0.3 is 5.97 Å². The highest BCUT2D eigenvalue weighted by atomic mass is 16.4. The van der Waals surface area contributed by atoms with Crippen LogP contribution in [0, 0.1) is 63.1 Å². The van der Waals surface area contributed by atoms with Gasteiger partial charge in [-0.3, -0.25) is 14.6 Å². The van der Waals surface area contributed by atoms with Crippen LogP contribution in [0.4, 0.5) is 0 Å². The summed E-state index contributed by atoms with van der Waals surface area (Å²) in [5, 5.41) is 52.5. The molecule has 4 fully saturated rings. The minimum absolute atomic E-state index is 0.00653. The van der Waals surface area contributed by atoms with Crippen LogP contribution in [0.1, 0.15) is 98.5 Å². The van der Waals surface area contributed by atoms with Crippen molar-refractivity contribution in [2.75, 3.05) is 6.54 Å². The second kappa shape index (κ2) is 12.6. The smallest absolute Gasteiger partial charge is 0.331 e. The summed E-state index contributed by atoms with van der Waals surface area (Å²) in [6, 6.07) is 9.96. The molecule has 0 radical (unpaired) electrons. The van der Waals surface area contributed by atoms with Gasteiger partial charge in [0.2, 0.25) is 0 Å². The second-order valence-corrected chi connectivity index (χ2v) is 21.5. The molecule has 0 saturated heterocycles. The number of rotatable bonds is 6. The van der Waals surface area contributed by atoms with E-state index in [0.717, 1.165) is 35.1 Å². The number of hydrogen-bond acceptors (Lipinski definition) is 7. The number of aliphatic carboxylic acids is 1. The van der Waals surface area contributed by atoms with Crippen molar-refractivity contribution in [1.29, 1.82) is 0 Å². The average molecular weight is 828 g/mol. The fraction of sp³-hybridized carbons (Fsp3) is 0.569. The van der Waals surface area contributed by atoms with Gasteiger partial charge in [-0.05, 0) is 102 Å². The van der Waals surface area contributed by atoms with Gasteiger partial charge in [0.05, 0.1) is 0 Å². The van der Waals surface area contributed by atoms with E-state index in [4.69, 9.17) is 11.5 Å². The number of benzene rings is 1. The molecule has 322 valence electrons. The molecule has 0 aliphatic heterocycles. The number of fused-ring (bicyclic) bond motifs is 2. The molecule has 0 amide bonds. The van der Waals surface area contributed by atoms with E-state index < -0.39 is 79.9 Å². The van der Waals surface area contributed by atoms with E-state index in [1.165, 1.54) is 13.0 Å². The highest BCUT2D eigenvalue weighted by Gasteiger charge is 2.86. The molecule has 10 heteroatoms. The van der Waals surface area contributed by atoms with Crippen LogP contribution in [0.25, 0.3) is 6.08 Å². The van der Waals surface area contributed by atoms with Crippen LogP contribution < -0.4 is 11.5 Å². The van der Waals surface area contributed by atoms with Gasteiger partial charge in [0.25, 0.3) is 0 Å². The Balaban J connectivity index is 1.33. The van der Waals surface area contributed by atoms with Crippen molar-refractivity contribution in [1.82, 2.24) is 0 Å². The molecule has 8 N–H and O–H groups in total. The zero-order chi connectivity index (χ0) is 43.6. The van der Waals surface area contributed by atoms with Crippen molar-refractivity contribution in [3.05, 3.63) is 99.2 Å². The van der Waals surface area contributed by atoms with Crippen LogP contribution in [0.5, 0.6) is 0 Å². The quantitative estimate of drug-likeness (QED) is 0.0816. The van der Waals surface area contributed by atoms with E-state index in [1.807, 2.05) is 62.4 Å². The predicted octanol–water partition coefficient (Wildman–Crippen LogP) is 6.38. The molecule has 10 nitrogen and oxygen atoms in total. The minimum Gasteiger partial charge on any atom is -0.478 e. The van der Waals surface area contributed by atoms with E-state index in [0.29, 0.717) is 55.2 Å². The molecule has 1 aromatic carbocycles. The van der Waals surface area contributed by atoms with Crippen molar-refractivity contribution in [2.24, 2.45) is 79.5 Å². The molecular formula is C51H61N3O7. The molecule has 0 aromatic heterocycles. The summed E-state index contributed by atoms with van der Waals surface area (Å²) in [6.07, 6.45) is 13.8. The molecule has 13 atom stereocenters. The first-order valence-electron chi connectivity index (χ1n) is 22.5. The van der Waals surface area contributed by atoms with Crippen LogP contribution in [-0.2, 0) is 14.4 Å². The maximum atomic E-state index is 16.3. The number of carboxylic acids is 1. The van der Waals surface area contributed by atoms with Crippen LogP contribution in [0.15, 0.2) is 98.6 Å². The third-order valence-electron chi connectivity index (χ3n) is 18.9. The number of ketones is 2. The summed E-state index contributed by atoms with van der Waals surface area (Å²) in [5.41, 5.74) is 8.53. The van der Waals surface area contributed by atoms with Crippen molar-refractivity contribution < 1.29 is 34.8 Å². The van der Waals surface area contributed by atoms with Crippen molar-refractivity contribution in [3.8, 4) is 0 Å². The van der Waals surface area contributed by atoms with Crippen molar-refractivity contribution in [3.63, 3.8) is 0 Å². The SMILES string of the molecule is CC(=C[C@@]1(O)C2=CCC3=C2[C@H]2[C@@H]4[C@@H](CCCC[C@@H]5C(=O)C6=C7[C@](C)([C@@]45C)[C@]2(O)C(=C[C@@]7(O)[C@H](C=Cc2ccccc2)[C@H]2C(C)(C)C(=O)CC[C@]62C)C3)[C@H]1CN=C(N)N)C(=O)O. The van der Waals surface area contributed by atoms with E-state index >= 15 is 4.79 Å². The zero-order valence-corrected chi connectivity index (χ0v) is 36.3. The van der Waals surface area contributed by atoms with Crippen molar-refractivity contribution in [2.45, 2.75) is 110 Å². The Morgan fingerprint density at radius 1 is 1.00 bits per heavy atom. The number of aliphatic imine (C=N–C) groups is 1. The zero-order valence-electron chi connectivity index (χ0n) is 36.3. The Labute approximate surface area is 358 Å². The van der Waals surface area contributed by atoms with E-state index in [2.05, 4.69) is 31.8 Å². The van der Waals surface area contributed by atoms with E-state index in [-0.39, 0.29) is 35.6 Å². The van der Waals surface area contributed by atoms with Crippen LogP contribution in [0.2, 0.25) is 0 Å². The Morgan fingerprint density at radius 2 is 1.70 bits per heavy atom. The number of guanidine groups is 1. The first kappa shape index (κ1) is 40.7. The molecule has 10 rings (SSSR count). The maximum Gasteiger partial charge on any atom is 0.331 e. The Kier molecular flexibility index (Phi) is 8.42. The molecule has 9 aliphatic rings. The largest absolute Gasteiger partial charge is 0.478 e. The predicted molar refractivity (Wildman–Crippen MR) is 232 cm³/mol. The fourth-order valence-electron chi connectivity index (χ4n) is 16.6. The lowest BCUT2D eigenvalue weighted by atomic mass is 9.33. The molecule has 0 spiro atoms. The topological polar surface area (TPSA) is 197 Å². The summed E-state index contributed by atoms with van der Waals surface area (Å²) >= 11 is 0. The molecule has 4 saturated carbocycles. The normalized spacial score (nSPS) is 45.1. The van der Waals surface area contributed by atoms with Crippen LogP contribution >= 0.6 is 0 Å². The number of Topliss-reactive ketones (excluding diaryl/α,β-unsaturated/α-hetero) is 2. The Hall–Kier alpha value is -4.38. The number of carbonyl (C=O) groups is 3. The average Bonchev–Trinajstić information content (AvgIpc) is 3.65. The van der Waals surface area contributed by atoms with Crippen LogP contribution in [-0.4, -0.2) is 67.3 Å². The van der Waals surface area contributed by atoms with Crippen molar-refractivity contribution >= 4 is 29.6 Å². The summed E-state index contributed by atoms with van der Waals surface area (Å²) in [6.45, 7) is 12.0. The molecule has 61 heavy (non-hydrogen) atoms. The van der Waals surface area contributed by atoms with Gasteiger partial charge in [0.15, 0.2) is 11.7 Å². The summed E-state index contributed by atoms with van der Waals surface area (Å²) in [7, 11) is 0. The number of aliphatic hydroxyl groups is 3. The van der Waals surface area contributed by atoms with Gasteiger partial charge in [-0.15, -0.1) is 0 Å². The first-order chi connectivity index (χ1) is 28.6. The lowest BCUT2D eigenvalue weighted by molar-refractivity contribution is -0.174. The number of nitrogens with zero attached hydrogens (tertiary/aromatic N) is 1. The molecule has 1 aromatic rings. The molecule has 0 bridgehead atoms. The van der Waals surface area contributed by atoms with Gasteiger partial charge in [-0.25, -0.2) is 4.79 Å². The number of allylic oxidation sites excluding steroid dienone is 3. The second-order valence-electron chi connectivity index (χ2n) is 21.5. The third-order valence-corrected chi connectivity index (χ3v) is 18.9. The minimum atomic E-state index is -1.80. The summed E-state index contributed by atoms with van der Waals surface area (Å²) in [5.74, 6) is -4.81. The molecule has 0 heterocycles. The summed E-state index contributed by atoms with van der Waals surface area (Å²) in [4.78, 5) is 47.6. The number of nitrogens with two attached hydrogens (primary N) is 2. The Morgan fingerprint density at radius 3 is 2.39 bits per heavy atom. The van der Waals surface area contributed by atoms with Gasteiger partial charge < -0.3 is 31.9 Å². The molecular weight excluding hydrogens is 767 g/mol. The lowest BCUT2D eigenvalue weighted by Gasteiger charge is -2.70. The number of hydrogen-bond donors (Lipinski definition) is 6. The van der Waals surface area contributed by atoms with Gasteiger partial charge in [-0.2, -0.15) is 0 Å². The summed E-state index contributed by atoms with van der Waals surface area (Å²) < 4.78 is 0. The van der Waals surface area contributed by atoms with E-state index in [9.17, 15) is 30.0 Å². The van der Waals surface area contributed by atoms with Gasteiger partial charge in [-0.1, -0.05) is 102 Å². The first-order valence-corrected chi connectivity index (χ1v) is 22.5.